The van der Waals surface area contributed by atoms with Gasteiger partial charge in [-0.3, -0.25) is 14.9 Å². The summed E-state index contributed by atoms with van der Waals surface area (Å²) in [6, 6.07) is 10.1. The lowest BCUT2D eigenvalue weighted by molar-refractivity contribution is -0.384. The maximum absolute atomic E-state index is 11.9. The lowest BCUT2D eigenvalue weighted by atomic mass is 10.2. The number of nitro groups is 1. The Labute approximate surface area is 151 Å². The second-order valence-corrected chi connectivity index (χ2v) is 5.58. The number of hydrogen-bond acceptors (Lipinski definition) is 6. The second kappa shape index (κ2) is 7.20. The molecular weight excluding hydrogens is 362 g/mol. The van der Waals surface area contributed by atoms with E-state index >= 15 is 0 Å². The largest absolute Gasteiger partial charge is 0.462 e. The summed E-state index contributed by atoms with van der Waals surface area (Å²) in [5.74, 6) is -0.510. The van der Waals surface area contributed by atoms with Crippen LogP contribution in [0.25, 0.3) is 17.0 Å². The van der Waals surface area contributed by atoms with Gasteiger partial charge in [-0.1, -0.05) is 23.7 Å². The SMILES string of the molecule is O=C(C=Cc1cccc([N+](=O)[O-])c1)Oc1ccc2c(=O)c(Cl)coc2c1. The number of ether oxygens (including phenoxy) is 1. The van der Waals surface area contributed by atoms with Gasteiger partial charge in [-0.05, 0) is 23.8 Å². The molecule has 1 heterocycles. The van der Waals surface area contributed by atoms with E-state index in [0.717, 1.165) is 12.3 Å². The molecule has 7 nitrogen and oxygen atoms in total. The van der Waals surface area contributed by atoms with Crippen LogP contribution in [0.2, 0.25) is 5.02 Å². The lowest BCUT2D eigenvalue weighted by Crippen LogP contribution is -2.05. The number of hydrogen-bond donors (Lipinski definition) is 0. The Hall–Kier alpha value is -3.45. The number of halogens is 1. The summed E-state index contributed by atoms with van der Waals surface area (Å²) < 4.78 is 10.3. The first-order chi connectivity index (χ1) is 12.4. The molecule has 130 valence electrons. The highest BCUT2D eigenvalue weighted by atomic mass is 35.5. The number of nitrogens with zero attached hydrogens (tertiary/aromatic N) is 1. The molecule has 0 aliphatic carbocycles. The van der Waals surface area contributed by atoms with Crippen molar-refractivity contribution in [2.45, 2.75) is 0 Å². The summed E-state index contributed by atoms with van der Waals surface area (Å²) in [6.45, 7) is 0. The van der Waals surface area contributed by atoms with E-state index < -0.39 is 10.9 Å². The standard InChI is InChI=1S/C18H10ClNO6/c19-15-10-25-16-9-13(5-6-14(16)18(15)22)26-17(21)7-4-11-2-1-3-12(8-11)20(23)24/h1-10H. The van der Waals surface area contributed by atoms with Gasteiger partial charge in [-0.25, -0.2) is 4.79 Å². The summed E-state index contributed by atoms with van der Waals surface area (Å²) in [5, 5.41) is 11.0. The molecule has 0 N–H and O–H groups in total. The predicted molar refractivity (Wildman–Crippen MR) is 95.3 cm³/mol. The molecule has 3 aromatic rings. The molecule has 0 unspecified atom stereocenters. The van der Waals surface area contributed by atoms with E-state index in [1.54, 1.807) is 6.07 Å². The fourth-order valence-corrected chi connectivity index (χ4v) is 2.35. The van der Waals surface area contributed by atoms with Crippen LogP contribution in [0, 0.1) is 10.1 Å². The molecule has 1 aromatic heterocycles. The minimum Gasteiger partial charge on any atom is -0.462 e. The van der Waals surface area contributed by atoms with Gasteiger partial charge in [-0.2, -0.15) is 0 Å². The van der Waals surface area contributed by atoms with Crippen molar-refractivity contribution in [1.29, 1.82) is 0 Å². The van der Waals surface area contributed by atoms with Crippen LogP contribution in [0.5, 0.6) is 5.75 Å². The van der Waals surface area contributed by atoms with Gasteiger partial charge in [0, 0.05) is 24.3 Å². The summed E-state index contributed by atoms with van der Waals surface area (Å²) >= 11 is 5.70. The van der Waals surface area contributed by atoms with Crippen LogP contribution in [-0.4, -0.2) is 10.9 Å². The number of benzene rings is 2. The third kappa shape index (κ3) is 3.79. The van der Waals surface area contributed by atoms with Gasteiger partial charge in [-0.15, -0.1) is 0 Å². The minimum atomic E-state index is -0.688. The van der Waals surface area contributed by atoms with E-state index in [9.17, 15) is 19.7 Å². The molecule has 0 bridgehead atoms. The van der Waals surface area contributed by atoms with Gasteiger partial charge >= 0.3 is 5.97 Å². The zero-order chi connectivity index (χ0) is 18.7. The Morgan fingerprint density at radius 3 is 2.81 bits per heavy atom. The Morgan fingerprint density at radius 2 is 2.04 bits per heavy atom. The Kier molecular flexibility index (Phi) is 4.81. The van der Waals surface area contributed by atoms with Gasteiger partial charge in [0.25, 0.3) is 5.69 Å². The fraction of sp³-hybridized carbons (Fsp3) is 0. The van der Waals surface area contributed by atoms with Crippen LogP contribution in [0.15, 0.2) is 64.0 Å². The molecule has 0 amide bonds. The molecule has 2 aromatic carbocycles. The first kappa shape index (κ1) is 17.4. The molecule has 0 aliphatic rings. The van der Waals surface area contributed by atoms with Crippen molar-refractivity contribution >= 4 is 40.3 Å². The summed E-state index contributed by atoms with van der Waals surface area (Å²) in [4.78, 5) is 34.0. The van der Waals surface area contributed by atoms with Crippen LogP contribution >= 0.6 is 11.6 Å². The number of carbonyl (C=O) groups excluding carboxylic acids is 1. The van der Waals surface area contributed by atoms with Crippen molar-refractivity contribution in [2.24, 2.45) is 0 Å². The fourth-order valence-electron chi connectivity index (χ4n) is 2.21. The third-order valence-electron chi connectivity index (χ3n) is 3.42. The lowest BCUT2D eigenvalue weighted by Gasteiger charge is -2.03. The Balaban J connectivity index is 1.77. The topological polar surface area (TPSA) is 99.6 Å². The zero-order valence-electron chi connectivity index (χ0n) is 13.0. The summed E-state index contributed by atoms with van der Waals surface area (Å²) in [6.07, 6.45) is 3.65. The molecule has 0 fully saturated rings. The molecule has 3 rings (SSSR count). The summed E-state index contributed by atoms with van der Waals surface area (Å²) in [5.41, 5.74) is 0.253. The molecule has 0 saturated heterocycles. The van der Waals surface area contributed by atoms with E-state index in [0.29, 0.717) is 5.56 Å². The number of non-ortho nitro benzene ring substituents is 1. The maximum Gasteiger partial charge on any atom is 0.336 e. The van der Waals surface area contributed by atoms with Crippen molar-refractivity contribution in [3.05, 3.63) is 85.7 Å². The number of fused-ring (bicyclic) bond motifs is 1. The van der Waals surface area contributed by atoms with E-state index in [-0.39, 0.29) is 32.9 Å². The van der Waals surface area contributed by atoms with Crippen molar-refractivity contribution < 1.29 is 18.9 Å². The van der Waals surface area contributed by atoms with Crippen LogP contribution in [0.4, 0.5) is 5.69 Å². The van der Waals surface area contributed by atoms with E-state index in [2.05, 4.69) is 0 Å². The first-order valence-corrected chi connectivity index (χ1v) is 7.67. The van der Waals surface area contributed by atoms with Gasteiger partial charge in [0.05, 0.1) is 10.3 Å². The van der Waals surface area contributed by atoms with Crippen LogP contribution in [-0.2, 0) is 4.79 Å². The van der Waals surface area contributed by atoms with E-state index in [1.807, 2.05) is 0 Å². The number of nitro benzene ring substituents is 1. The monoisotopic (exact) mass is 371 g/mol. The number of rotatable bonds is 4. The third-order valence-corrected chi connectivity index (χ3v) is 3.68. The molecule has 26 heavy (non-hydrogen) atoms. The van der Waals surface area contributed by atoms with Gasteiger partial charge in [0.2, 0.25) is 5.43 Å². The first-order valence-electron chi connectivity index (χ1n) is 7.29. The number of carbonyl (C=O) groups is 1. The van der Waals surface area contributed by atoms with Gasteiger partial charge in [0.1, 0.15) is 22.6 Å². The second-order valence-electron chi connectivity index (χ2n) is 5.18. The Bertz CT molecular complexity index is 1100. The van der Waals surface area contributed by atoms with Crippen LogP contribution < -0.4 is 10.2 Å². The van der Waals surface area contributed by atoms with E-state index in [1.165, 1.54) is 42.5 Å². The van der Waals surface area contributed by atoms with E-state index in [4.69, 9.17) is 20.8 Å². The highest BCUT2D eigenvalue weighted by molar-refractivity contribution is 6.30. The van der Waals surface area contributed by atoms with Crippen molar-refractivity contribution in [1.82, 2.24) is 0 Å². The molecular formula is C18H10ClNO6. The average molecular weight is 372 g/mol. The minimum absolute atomic E-state index is 0.0397. The molecule has 0 saturated carbocycles. The van der Waals surface area contributed by atoms with Crippen molar-refractivity contribution in [3.63, 3.8) is 0 Å². The maximum atomic E-state index is 11.9. The zero-order valence-corrected chi connectivity index (χ0v) is 13.8. The predicted octanol–water partition coefficient (Wildman–Crippen LogP) is 3.97. The smallest absolute Gasteiger partial charge is 0.336 e. The van der Waals surface area contributed by atoms with Gasteiger partial charge < -0.3 is 9.15 Å². The summed E-state index contributed by atoms with van der Waals surface area (Å²) in [7, 11) is 0. The molecule has 0 atom stereocenters. The van der Waals surface area contributed by atoms with Crippen molar-refractivity contribution in [2.75, 3.05) is 0 Å². The highest BCUT2D eigenvalue weighted by Crippen LogP contribution is 2.21. The molecule has 0 aliphatic heterocycles. The molecule has 0 radical (unpaired) electrons. The molecule has 8 heteroatoms. The Morgan fingerprint density at radius 1 is 1.23 bits per heavy atom. The quantitative estimate of drug-likeness (QED) is 0.226. The highest BCUT2D eigenvalue weighted by Gasteiger charge is 2.08. The average Bonchev–Trinajstić information content (AvgIpc) is 2.63. The normalized spacial score (nSPS) is 11.0. The van der Waals surface area contributed by atoms with Gasteiger partial charge in [0.15, 0.2) is 0 Å². The molecule has 0 spiro atoms. The van der Waals surface area contributed by atoms with Crippen LogP contribution in [0.1, 0.15) is 5.56 Å². The number of esters is 1. The van der Waals surface area contributed by atoms with Crippen LogP contribution in [0.3, 0.4) is 0 Å². The van der Waals surface area contributed by atoms with Crippen molar-refractivity contribution in [3.8, 4) is 5.75 Å².